The van der Waals surface area contributed by atoms with Crippen LogP contribution in [0.4, 0.5) is 5.69 Å². The molecule has 0 aliphatic heterocycles. The molecule has 27 heavy (non-hydrogen) atoms. The first-order valence-corrected chi connectivity index (χ1v) is 9.78. The third-order valence-electron chi connectivity index (χ3n) is 4.50. The van der Waals surface area contributed by atoms with Gasteiger partial charge >= 0.3 is 0 Å². The predicted octanol–water partition coefficient (Wildman–Crippen LogP) is 4.73. The summed E-state index contributed by atoms with van der Waals surface area (Å²) >= 11 is 7.78. The van der Waals surface area contributed by atoms with Gasteiger partial charge in [0.25, 0.3) is 0 Å². The molecule has 0 aliphatic carbocycles. The number of benzene rings is 2. The van der Waals surface area contributed by atoms with Gasteiger partial charge in [-0.2, -0.15) is 0 Å². The number of aromatic nitrogens is 1. The van der Waals surface area contributed by atoms with E-state index in [2.05, 4.69) is 16.4 Å². The van der Waals surface area contributed by atoms with Crippen molar-refractivity contribution < 1.29 is 9.53 Å². The molecule has 1 atom stereocenters. The lowest BCUT2D eigenvalue weighted by Gasteiger charge is -2.23. The summed E-state index contributed by atoms with van der Waals surface area (Å²) in [5.74, 6) is 0.429. The van der Waals surface area contributed by atoms with Crippen LogP contribution < -0.4 is 10.1 Å². The van der Waals surface area contributed by atoms with Crippen LogP contribution in [0.2, 0.25) is 5.02 Å². The average Bonchev–Trinajstić information content (AvgIpc) is 3.05. The normalized spacial score (nSPS) is 12.4. The molecule has 1 aromatic heterocycles. The van der Waals surface area contributed by atoms with Crippen LogP contribution in [0.15, 0.2) is 36.4 Å². The fraction of sp³-hybridized carbons (Fsp3) is 0.300. The van der Waals surface area contributed by atoms with Gasteiger partial charge in [0, 0.05) is 11.1 Å². The summed E-state index contributed by atoms with van der Waals surface area (Å²) in [6.07, 6.45) is 0. The number of aryl methyl sites for hydroxylation is 1. The number of thiazole rings is 1. The van der Waals surface area contributed by atoms with Crippen molar-refractivity contribution in [3.05, 3.63) is 52.0 Å². The Balaban J connectivity index is 1.70. The summed E-state index contributed by atoms with van der Waals surface area (Å²) in [5.41, 5.74) is 2.48. The Bertz CT molecular complexity index is 940. The summed E-state index contributed by atoms with van der Waals surface area (Å²) in [5, 5.41) is 4.53. The van der Waals surface area contributed by atoms with E-state index >= 15 is 0 Å². The van der Waals surface area contributed by atoms with Gasteiger partial charge in [-0.3, -0.25) is 9.69 Å². The van der Waals surface area contributed by atoms with E-state index in [0.717, 1.165) is 20.8 Å². The Morgan fingerprint density at radius 1 is 1.37 bits per heavy atom. The van der Waals surface area contributed by atoms with Crippen molar-refractivity contribution in [3.63, 3.8) is 0 Å². The van der Waals surface area contributed by atoms with E-state index in [1.165, 1.54) is 0 Å². The molecular weight excluding hydrogens is 382 g/mol. The highest BCUT2D eigenvalue weighted by Crippen LogP contribution is 2.31. The molecule has 0 unspecified atom stereocenters. The first-order valence-electron chi connectivity index (χ1n) is 8.58. The first kappa shape index (κ1) is 19.6. The summed E-state index contributed by atoms with van der Waals surface area (Å²) < 4.78 is 6.48. The highest BCUT2D eigenvalue weighted by atomic mass is 35.5. The van der Waals surface area contributed by atoms with E-state index < -0.39 is 0 Å². The zero-order valence-electron chi connectivity index (χ0n) is 15.7. The summed E-state index contributed by atoms with van der Waals surface area (Å²) in [6, 6.07) is 11.2. The number of rotatable bonds is 6. The molecular formula is C20H22ClN3O2S. The Labute approximate surface area is 167 Å². The zero-order chi connectivity index (χ0) is 19.6. The van der Waals surface area contributed by atoms with E-state index in [1.54, 1.807) is 24.5 Å². The molecule has 0 saturated carbocycles. The molecule has 142 valence electrons. The third kappa shape index (κ3) is 4.40. The van der Waals surface area contributed by atoms with Crippen molar-refractivity contribution in [1.29, 1.82) is 0 Å². The van der Waals surface area contributed by atoms with E-state index in [-0.39, 0.29) is 11.9 Å². The fourth-order valence-electron chi connectivity index (χ4n) is 2.71. The molecule has 0 radical (unpaired) electrons. The van der Waals surface area contributed by atoms with Crippen LogP contribution in [-0.4, -0.2) is 36.0 Å². The number of halogens is 1. The minimum absolute atomic E-state index is 0.112. The Morgan fingerprint density at radius 2 is 2.11 bits per heavy atom. The molecule has 3 aromatic rings. The second-order valence-electron chi connectivity index (χ2n) is 6.46. The van der Waals surface area contributed by atoms with Gasteiger partial charge in [-0.1, -0.05) is 23.7 Å². The largest absolute Gasteiger partial charge is 0.495 e. The van der Waals surface area contributed by atoms with Crippen LogP contribution in [0.25, 0.3) is 10.2 Å². The molecule has 1 N–H and O–H groups in total. The minimum atomic E-state index is -0.335. The van der Waals surface area contributed by atoms with Gasteiger partial charge < -0.3 is 10.1 Å². The van der Waals surface area contributed by atoms with E-state index in [4.69, 9.17) is 16.3 Å². The number of methoxy groups -OCH3 is 1. The molecule has 2 aromatic carbocycles. The maximum absolute atomic E-state index is 12.7. The molecule has 1 amide bonds. The molecule has 3 rings (SSSR count). The smallest absolute Gasteiger partial charge is 0.241 e. The molecule has 0 fully saturated rings. The van der Waals surface area contributed by atoms with Crippen LogP contribution in [0.3, 0.4) is 0 Å². The van der Waals surface area contributed by atoms with Crippen molar-refractivity contribution in [3.8, 4) is 5.75 Å². The summed E-state index contributed by atoms with van der Waals surface area (Å²) in [4.78, 5) is 19.3. The van der Waals surface area contributed by atoms with Crippen LogP contribution in [0.5, 0.6) is 5.75 Å². The van der Waals surface area contributed by atoms with Crippen molar-refractivity contribution in [1.82, 2.24) is 9.88 Å². The van der Waals surface area contributed by atoms with Crippen molar-refractivity contribution >= 4 is 44.7 Å². The number of carbonyl (C=O) groups excluding carboxylic acids is 1. The number of para-hydroxylation sites is 1. The van der Waals surface area contributed by atoms with Gasteiger partial charge in [0.1, 0.15) is 10.8 Å². The number of amides is 1. The summed E-state index contributed by atoms with van der Waals surface area (Å²) in [7, 11) is 3.47. The Morgan fingerprint density at radius 3 is 2.81 bits per heavy atom. The number of hydrogen-bond donors (Lipinski definition) is 1. The monoisotopic (exact) mass is 403 g/mol. The number of likely N-dealkylation sites (N-methyl/N-ethyl adjacent to an activating group) is 1. The molecule has 5 nitrogen and oxygen atoms in total. The number of hydrogen-bond acceptors (Lipinski definition) is 5. The van der Waals surface area contributed by atoms with Gasteiger partial charge in [-0.15, -0.1) is 11.3 Å². The summed E-state index contributed by atoms with van der Waals surface area (Å²) in [6.45, 7) is 4.36. The lowest BCUT2D eigenvalue weighted by atomic mass is 10.2. The number of fused-ring (bicyclic) bond motifs is 1. The average molecular weight is 404 g/mol. The predicted molar refractivity (Wildman–Crippen MR) is 112 cm³/mol. The van der Waals surface area contributed by atoms with E-state index in [1.807, 2.05) is 50.1 Å². The van der Waals surface area contributed by atoms with Crippen molar-refractivity contribution in [2.45, 2.75) is 26.4 Å². The zero-order valence-corrected chi connectivity index (χ0v) is 17.3. The molecule has 0 saturated heterocycles. The highest BCUT2D eigenvalue weighted by molar-refractivity contribution is 7.18. The number of anilines is 1. The van der Waals surface area contributed by atoms with Crippen LogP contribution in [-0.2, 0) is 11.3 Å². The van der Waals surface area contributed by atoms with Crippen molar-refractivity contribution in [2.75, 3.05) is 19.5 Å². The molecule has 0 bridgehead atoms. The number of nitrogens with zero attached hydrogens (tertiary/aromatic N) is 2. The van der Waals surface area contributed by atoms with Gasteiger partial charge in [0.15, 0.2) is 0 Å². The van der Waals surface area contributed by atoms with Crippen LogP contribution in [0.1, 0.15) is 17.5 Å². The minimum Gasteiger partial charge on any atom is -0.495 e. The lowest BCUT2D eigenvalue weighted by Crippen LogP contribution is -2.39. The maximum atomic E-state index is 12.7. The van der Waals surface area contributed by atoms with Crippen LogP contribution in [0, 0.1) is 6.92 Å². The number of ether oxygens (including phenoxy) is 1. The topological polar surface area (TPSA) is 54.5 Å². The third-order valence-corrected chi connectivity index (χ3v) is 5.93. The van der Waals surface area contributed by atoms with Gasteiger partial charge in [0.2, 0.25) is 5.91 Å². The fourth-order valence-corrected chi connectivity index (χ4v) is 3.89. The Hall–Kier alpha value is -2.15. The lowest BCUT2D eigenvalue weighted by molar-refractivity contribution is -0.120. The molecule has 7 heteroatoms. The van der Waals surface area contributed by atoms with Gasteiger partial charge in [-0.05, 0) is 44.7 Å². The van der Waals surface area contributed by atoms with Crippen molar-refractivity contribution in [2.24, 2.45) is 0 Å². The number of carbonyl (C=O) groups is 1. The standard InChI is InChI=1S/C20H22ClN3O2S/c1-12-9-16(17(26-4)10-14(12)21)23-20(25)13(2)24(3)11-19-22-15-7-5-6-8-18(15)27-19/h5-10,13H,11H2,1-4H3,(H,23,25)/t13-/m1/s1. The Kier molecular flexibility index (Phi) is 5.99. The second-order valence-corrected chi connectivity index (χ2v) is 7.98. The maximum Gasteiger partial charge on any atom is 0.241 e. The quantitative estimate of drug-likeness (QED) is 0.646. The number of nitrogens with one attached hydrogen (secondary N) is 1. The van der Waals surface area contributed by atoms with E-state index in [0.29, 0.717) is 23.0 Å². The van der Waals surface area contributed by atoms with Crippen LogP contribution >= 0.6 is 22.9 Å². The molecule has 0 spiro atoms. The first-order chi connectivity index (χ1) is 12.9. The SMILES string of the molecule is COc1cc(Cl)c(C)cc1NC(=O)[C@@H](C)N(C)Cc1nc2ccccc2s1. The second kappa shape index (κ2) is 8.25. The van der Waals surface area contributed by atoms with E-state index in [9.17, 15) is 4.79 Å². The van der Waals surface area contributed by atoms with Gasteiger partial charge in [-0.25, -0.2) is 4.98 Å². The molecule has 0 aliphatic rings. The molecule has 1 heterocycles. The van der Waals surface area contributed by atoms with Gasteiger partial charge in [0.05, 0.1) is 35.6 Å². The highest BCUT2D eigenvalue weighted by Gasteiger charge is 2.21.